The first-order chi connectivity index (χ1) is 15.2. The molecule has 1 saturated heterocycles. The van der Waals surface area contributed by atoms with Gasteiger partial charge in [-0.3, -0.25) is 29.6 Å². The maximum absolute atomic E-state index is 12.3. The van der Waals surface area contributed by atoms with Gasteiger partial charge < -0.3 is 10.1 Å². The molecular formula is C22H21BrClN3O5. The van der Waals surface area contributed by atoms with E-state index in [2.05, 4.69) is 26.7 Å². The number of carbonyl (C=O) groups excluding carboxylic acids is 4. The molecule has 3 rings (SSSR count). The molecule has 1 heterocycles. The number of rotatable bonds is 6. The molecule has 0 bridgehead atoms. The van der Waals surface area contributed by atoms with Crippen molar-refractivity contribution >= 4 is 56.9 Å². The number of halogens is 2. The zero-order chi connectivity index (χ0) is 23.4. The highest BCUT2D eigenvalue weighted by Gasteiger charge is 2.36. The van der Waals surface area contributed by atoms with Crippen LogP contribution in [0.5, 0.6) is 0 Å². The molecule has 1 atom stereocenters. The van der Waals surface area contributed by atoms with Crippen LogP contribution in [-0.4, -0.2) is 41.9 Å². The summed E-state index contributed by atoms with van der Waals surface area (Å²) in [5.41, 5.74) is 5.07. The molecule has 0 aliphatic carbocycles. The number of hydrogen-bond donors (Lipinski definition) is 2. The van der Waals surface area contributed by atoms with Gasteiger partial charge in [-0.15, -0.1) is 0 Å². The van der Waals surface area contributed by atoms with Crippen molar-refractivity contribution in [3.8, 4) is 0 Å². The minimum Gasteiger partial charge on any atom is -0.455 e. The van der Waals surface area contributed by atoms with E-state index in [1.165, 1.54) is 0 Å². The molecule has 32 heavy (non-hydrogen) atoms. The molecule has 2 aromatic rings. The molecule has 0 radical (unpaired) electrons. The minimum absolute atomic E-state index is 0.0294. The standard InChI is InChI=1S/C22H21BrClN3O5/c1-12-3-5-14(6-4-12)21(30)26-27-10-15(9-19(27)29)22(31)32-11-18(28)25-17-8-7-16(23)20(24)13(17)2/h3-8,15H,9-11H2,1-2H3,(H,25,28)(H,26,30)/t15-/m1/s1. The number of esters is 1. The Bertz CT molecular complexity index is 1070. The average Bonchev–Trinajstić information content (AvgIpc) is 3.13. The fraction of sp³-hybridized carbons (Fsp3) is 0.273. The maximum atomic E-state index is 12.3. The molecule has 2 N–H and O–H groups in total. The van der Waals surface area contributed by atoms with Crippen LogP contribution in [0.1, 0.15) is 27.9 Å². The Morgan fingerprint density at radius 2 is 1.84 bits per heavy atom. The molecule has 0 spiro atoms. The van der Waals surface area contributed by atoms with Crippen LogP contribution in [-0.2, 0) is 19.1 Å². The van der Waals surface area contributed by atoms with Gasteiger partial charge in [-0.25, -0.2) is 0 Å². The lowest BCUT2D eigenvalue weighted by Crippen LogP contribution is -2.43. The van der Waals surface area contributed by atoms with Gasteiger partial charge in [0.1, 0.15) is 0 Å². The SMILES string of the molecule is Cc1ccc(C(=O)NN2C[C@H](C(=O)OCC(=O)Nc3ccc(Br)c(Cl)c3C)CC2=O)cc1. The Hall–Kier alpha value is -2.91. The van der Waals surface area contributed by atoms with E-state index in [9.17, 15) is 19.2 Å². The largest absolute Gasteiger partial charge is 0.455 e. The van der Waals surface area contributed by atoms with Crippen molar-refractivity contribution in [1.29, 1.82) is 0 Å². The van der Waals surface area contributed by atoms with Crippen molar-refractivity contribution in [1.82, 2.24) is 10.4 Å². The number of nitrogens with zero attached hydrogens (tertiary/aromatic N) is 1. The fourth-order valence-corrected chi connectivity index (χ4v) is 3.69. The van der Waals surface area contributed by atoms with Crippen LogP contribution >= 0.6 is 27.5 Å². The summed E-state index contributed by atoms with van der Waals surface area (Å²) in [4.78, 5) is 49.0. The number of hydrogen-bond acceptors (Lipinski definition) is 5. The number of carbonyl (C=O) groups is 4. The van der Waals surface area contributed by atoms with Gasteiger partial charge in [0.05, 0.1) is 17.5 Å². The molecular weight excluding hydrogens is 502 g/mol. The van der Waals surface area contributed by atoms with Crippen molar-refractivity contribution in [2.75, 3.05) is 18.5 Å². The number of hydrazine groups is 1. The van der Waals surface area contributed by atoms with Crippen LogP contribution in [0.2, 0.25) is 5.02 Å². The topological polar surface area (TPSA) is 105 Å². The second kappa shape index (κ2) is 10.1. The summed E-state index contributed by atoms with van der Waals surface area (Å²) >= 11 is 9.44. The van der Waals surface area contributed by atoms with E-state index in [1.807, 2.05) is 6.92 Å². The highest BCUT2D eigenvalue weighted by molar-refractivity contribution is 9.10. The lowest BCUT2D eigenvalue weighted by Gasteiger charge is -2.17. The van der Waals surface area contributed by atoms with Gasteiger partial charge in [0.2, 0.25) is 5.91 Å². The van der Waals surface area contributed by atoms with Gasteiger partial charge in [0.25, 0.3) is 11.8 Å². The van der Waals surface area contributed by atoms with Crippen molar-refractivity contribution < 1.29 is 23.9 Å². The van der Waals surface area contributed by atoms with Gasteiger partial charge in [-0.05, 0) is 59.6 Å². The monoisotopic (exact) mass is 521 g/mol. The van der Waals surface area contributed by atoms with E-state index in [-0.39, 0.29) is 13.0 Å². The minimum atomic E-state index is -0.780. The summed E-state index contributed by atoms with van der Waals surface area (Å²) in [5.74, 6) is -2.86. The molecule has 168 valence electrons. The van der Waals surface area contributed by atoms with E-state index in [4.69, 9.17) is 16.3 Å². The van der Waals surface area contributed by atoms with E-state index in [0.29, 0.717) is 26.3 Å². The summed E-state index contributed by atoms with van der Waals surface area (Å²) in [6.07, 6.45) is -0.115. The summed E-state index contributed by atoms with van der Waals surface area (Å²) in [6.45, 7) is 3.11. The third-order valence-corrected chi connectivity index (χ3v) is 6.34. The Morgan fingerprint density at radius 3 is 2.53 bits per heavy atom. The first kappa shape index (κ1) is 23.7. The van der Waals surface area contributed by atoms with Crippen LogP contribution in [0.4, 0.5) is 5.69 Å². The van der Waals surface area contributed by atoms with Gasteiger partial charge in [0.15, 0.2) is 6.61 Å². The van der Waals surface area contributed by atoms with E-state index in [0.717, 1.165) is 10.6 Å². The quantitative estimate of drug-likeness (QED) is 0.566. The van der Waals surface area contributed by atoms with Crippen LogP contribution in [0, 0.1) is 19.8 Å². The molecule has 1 aliphatic rings. The summed E-state index contributed by atoms with van der Waals surface area (Å²) in [5, 5.41) is 4.20. The highest BCUT2D eigenvalue weighted by Crippen LogP contribution is 2.31. The molecule has 3 amide bonds. The average molecular weight is 523 g/mol. The number of benzene rings is 2. The molecule has 2 aromatic carbocycles. The maximum Gasteiger partial charge on any atom is 0.311 e. The highest BCUT2D eigenvalue weighted by atomic mass is 79.9. The summed E-state index contributed by atoms with van der Waals surface area (Å²) < 4.78 is 5.77. The lowest BCUT2D eigenvalue weighted by atomic mass is 10.1. The van der Waals surface area contributed by atoms with Crippen LogP contribution in [0.3, 0.4) is 0 Å². The van der Waals surface area contributed by atoms with Gasteiger partial charge in [-0.1, -0.05) is 29.3 Å². The molecule has 0 saturated carbocycles. The van der Waals surface area contributed by atoms with E-state index in [1.54, 1.807) is 43.3 Å². The zero-order valence-corrected chi connectivity index (χ0v) is 19.7. The second-order valence-corrected chi connectivity index (χ2v) is 8.63. The van der Waals surface area contributed by atoms with Gasteiger partial charge in [0, 0.05) is 22.1 Å². The summed E-state index contributed by atoms with van der Waals surface area (Å²) in [7, 11) is 0. The van der Waals surface area contributed by atoms with Crippen molar-refractivity contribution in [3.05, 3.63) is 62.6 Å². The number of nitrogens with one attached hydrogen (secondary N) is 2. The van der Waals surface area contributed by atoms with E-state index >= 15 is 0 Å². The fourth-order valence-electron chi connectivity index (χ4n) is 3.09. The van der Waals surface area contributed by atoms with E-state index < -0.39 is 36.2 Å². The smallest absolute Gasteiger partial charge is 0.311 e. The van der Waals surface area contributed by atoms with Gasteiger partial charge >= 0.3 is 5.97 Å². The van der Waals surface area contributed by atoms with Crippen LogP contribution < -0.4 is 10.7 Å². The van der Waals surface area contributed by atoms with Crippen molar-refractivity contribution in [2.45, 2.75) is 20.3 Å². The van der Waals surface area contributed by atoms with Crippen LogP contribution in [0.25, 0.3) is 0 Å². The lowest BCUT2D eigenvalue weighted by molar-refractivity contribution is -0.151. The van der Waals surface area contributed by atoms with Crippen molar-refractivity contribution in [3.63, 3.8) is 0 Å². The molecule has 0 aromatic heterocycles. The number of ether oxygens (including phenoxy) is 1. The number of anilines is 1. The van der Waals surface area contributed by atoms with Gasteiger partial charge in [-0.2, -0.15) is 0 Å². The Kier molecular flexibility index (Phi) is 7.52. The molecule has 1 fully saturated rings. The Labute approximate surface area is 198 Å². The Morgan fingerprint density at radius 1 is 1.16 bits per heavy atom. The number of aryl methyl sites for hydroxylation is 1. The van der Waals surface area contributed by atoms with Crippen LogP contribution in [0.15, 0.2) is 40.9 Å². The molecule has 10 heteroatoms. The first-order valence-electron chi connectivity index (χ1n) is 9.75. The predicted octanol–water partition coefficient (Wildman–Crippen LogP) is 3.39. The Balaban J connectivity index is 1.50. The third kappa shape index (κ3) is 5.66. The molecule has 1 aliphatic heterocycles. The summed E-state index contributed by atoms with van der Waals surface area (Å²) in [6, 6.07) is 10.2. The second-order valence-electron chi connectivity index (χ2n) is 7.40. The number of amides is 3. The molecule has 8 nitrogen and oxygen atoms in total. The van der Waals surface area contributed by atoms with Crippen molar-refractivity contribution in [2.24, 2.45) is 5.92 Å². The predicted molar refractivity (Wildman–Crippen MR) is 122 cm³/mol. The third-order valence-electron chi connectivity index (χ3n) is 4.97. The normalized spacial score (nSPS) is 15.4. The zero-order valence-electron chi connectivity index (χ0n) is 17.4. The first-order valence-corrected chi connectivity index (χ1v) is 10.9. The molecule has 0 unspecified atom stereocenters.